The molecular formula is C18H18ClNO4. The summed E-state index contributed by atoms with van der Waals surface area (Å²) in [6.45, 7) is 3.95. The van der Waals surface area contributed by atoms with Crippen LogP contribution in [-0.4, -0.2) is 16.9 Å². The number of hydrogen-bond donors (Lipinski definition) is 2. The van der Waals surface area contributed by atoms with E-state index in [1.165, 1.54) is 0 Å². The Morgan fingerprint density at radius 3 is 2.50 bits per heavy atom. The van der Waals surface area contributed by atoms with Crippen molar-refractivity contribution in [2.45, 2.75) is 32.6 Å². The van der Waals surface area contributed by atoms with Crippen LogP contribution in [0.2, 0.25) is 5.02 Å². The maximum atomic E-state index is 12.7. The number of Topliss-reactive ketones (excluding diaryl/α,β-unsaturated/α-hetero) is 1. The van der Waals surface area contributed by atoms with Crippen molar-refractivity contribution in [1.82, 2.24) is 0 Å². The van der Waals surface area contributed by atoms with E-state index >= 15 is 0 Å². The summed E-state index contributed by atoms with van der Waals surface area (Å²) in [4.78, 5) is 24.5. The highest BCUT2D eigenvalue weighted by Gasteiger charge is 2.44. The molecule has 1 unspecified atom stereocenters. The lowest BCUT2D eigenvalue weighted by atomic mass is 9.70. The molecule has 1 aromatic rings. The zero-order valence-corrected chi connectivity index (χ0v) is 14.2. The SMILES string of the molecule is CC1(C)CC(=O)C2=C(C1)OC(N)=C(C(=O)O)C2c1ccc(Cl)cc1. The van der Waals surface area contributed by atoms with Crippen molar-refractivity contribution >= 4 is 23.4 Å². The number of ketones is 1. The third kappa shape index (κ3) is 2.80. The monoisotopic (exact) mass is 347 g/mol. The van der Waals surface area contributed by atoms with E-state index in [2.05, 4.69) is 0 Å². The molecule has 0 spiro atoms. The normalized spacial score (nSPS) is 23.0. The third-order valence-corrected chi connectivity index (χ3v) is 4.64. The van der Waals surface area contributed by atoms with Crippen LogP contribution in [0.5, 0.6) is 0 Å². The van der Waals surface area contributed by atoms with Gasteiger partial charge in [0, 0.05) is 23.4 Å². The second-order valence-corrected chi connectivity index (χ2v) is 7.38. The zero-order valence-electron chi connectivity index (χ0n) is 13.4. The van der Waals surface area contributed by atoms with Crippen LogP contribution >= 0.6 is 11.6 Å². The van der Waals surface area contributed by atoms with E-state index < -0.39 is 11.9 Å². The van der Waals surface area contributed by atoms with Crippen molar-refractivity contribution < 1.29 is 19.4 Å². The van der Waals surface area contributed by atoms with Crippen molar-refractivity contribution in [1.29, 1.82) is 0 Å². The Bertz CT molecular complexity index is 790. The number of carbonyl (C=O) groups is 2. The standard InChI is InChI=1S/C18H18ClNO4/c1-18(2)7-11(21)14-12(8-18)24-16(20)15(17(22)23)13(14)9-3-5-10(19)6-4-9/h3-6,13H,7-8,20H2,1-2H3,(H,22,23). The minimum atomic E-state index is -1.20. The Kier molecular flexibility index (Phi) is 3.92. The maximum absolute atomic E-state index is 12.7. The molecule has 0 bridgehead atoms. The summed E-state index contributed by atoms with van der Waals surface area (Å²) in [5.41, 5.74) is 6.58. The van der Waals surface area contributed by atoms with Gasteiger partial charge in [-0.3, -0.25) is 4.79 Å². The minimum absolute atomic E-state index is 0.104. The lowest BCUT2D eigenvalue weighted by Crippen LogP contribution is -2.35. The van der Waals surface area contributed by atoms with Gasteiger partial charge in [-0.1, -0.05) is 37.6 Å². The van der Waals surface area contributed by atoms with E-state index in [4.69, 9.17) is 22.1 Å². The van der Waals surface area contributed by atoms with Crippen molar-refractivity contribution in [3.63, 3.8) is 0 Å². The largest absolute Gasteiger partial charge is 0.478 e. The number of halogens is 1. The average molecular weight is 348 g/mol. The highest BCUT2D eigenvalue weighted by molar-refractivity contribution is 6.30. The van der Waals surface area contributed by atoms with Crippen molar-refractivity contribution in [3.8, 4) is 0 Å². The molecule has 3 N–H and O–H groups in total. The lowest BCUT2D eigenvalue weighted by Gasteiger charge is -2.37. The fourth-order valence-corrected chi connectivity index (χ4v) is 3.51. The summed E-state index contributed by atoms with van der Waals surface area (Å²) >= 11 is 5.92. The van der Waals surface area contributed by atoms with Gasteiger partial charge in [-0.05, 0) is 23.1 Å². The number of rotatable bonds is 2. The Hall–Kier alpha value is -2.27. The number of ether oxygens (including phenoxy) is 1. The number of allylic oxidation sites excluding steroid dienone is 2. The predicted molar refractivity (Wildman–Crippen MR) is 89.2 cm³/mol. The Morgan fingerprint density at radius 1 is 1.29 bits per heavy atom. The summed E-state index contributed by atoms with van der Waals surface area (Å²) in [6, 6.07) is 6.76. The van der Waals surface area contributed by atoms with Gasteiger partial charge in [0.2, 0.25) is 5.88 Å². The smallest absolute Gasteiger partial charge is 0.337 e. The molecule has 126 valence electrons. The molecule has 0 saturated heterocycles. The summed E-state index contributed by atoms with van der Waals surface area (Å²) in [7, 11) is 0. The summed E-state index contributed by atoms with van der Waals surface area (Å²) in [5, 5.41) is 10.1. The molecule has 0 saturated carbocycles. The van der Waals surface area contributed by atoms with Crippen LogP contribution in [0.4, 0.5) is 0 Å². The average Bonchev–Trinajstić information content (AvgIpc) is 2.44. The Morgan fingerprint density at radius 2 is 1.92 bits per heavy atom. The quantitative estimate of drug-likeness (QED) is 0.856. The lowest BCUT2D eigenvalue weighted by molar-refractivity contribution is -0.133. The number of carbonyl (C=O) groups excluding carboxylic acids is 1. The molecule has 0 radical (unpaired) electrons. The highest BCUT2D eigenvalue weighted by Crippen LogP contribution is 2.48. The molecular weight excluding hydrogens is 330 g/mol. The van der Waals surface area contributed by atoms with Crippen molar-refractivity contribution in [2.75, 3.05) is 0 Å². The first-order valence-corrected chi connectivity index (χ1v) is 8.00. The fraction of sp³-hybridized carbons (Fsp3) is 0.333. The van der Waals surface area contributed by atoms with Crippen LogP contribution in [0.3, 0.4) is 0 Å². The molecule has 6 heteroatoms. The maximum Gasteiger partial charge on any atom is 0.337 e. The second kappa shape index (κ2) is 5.67. The van der Waals surface area contributed by atoms with Crippen LogP contribution in [0, 0.1) is 5.41 Å². The second-order valence-electron chi connectivity index (χ2n) is 6.95. The molecule has 1 atom stereocenters. The van der Waals surface area contributed by atoms with Gasteiger partial charge >= 0.3 is 5.97 Å². The first-order valence-electron chi connectivity index (χ1n) is 7.62. The number of nitrogens with two attached hydrogens (primary N) is 1. The zero-order chi connectivity index (χ0) is 17.6. The molecule has 2 aliphatic rings. The number of benzene rings is 1. The summed E-state index contributed by atoms with van der Waals surface area (Å²) < 4.78 is 5.55. The molecule has 1 aromatic carbocycles. The predicted octanol–water partition coefficient (Wildman–Crippen LogP) is 3.35. The molecule has 1 aliphatic heterocycles. The molecule has 1 aliphatic carbocycles. The first kappa shape index (κ1) is 16.6. The van der Waals surface area contributed by atoms with E-state index in [1.54, 1.807) is 24.3 Å². The number of carboxylic acids is 1. The van der Waals surface area contributed by atoms with E-state index in [-0.39, 0.29) is 22.7 Å². The van der Waals surface area contributed by atoms with Gasteiger partial charge in [0.05, 0.1) is 5.92 Å². The van der Waals surface area contributed by atoms with Gasteiger partial charge < -0.3 is 15.6 Å². The van der Waals surface area contributed by atoms with Gasteiger partial charge in [0.1, 0.15) is 11.3 Å². The van der Waals surface area contributed by atoms with E-state index in [9.17, 15) is 14.7 Å². The van der Waals surface area contributed by atoms with Gasteiger partial charge in [0.15, 0.2) is 5.78 Å². The highest BCUT2D eigenvalue weighted by atomic mass is 35.5. The van der Waals surface area contributed by atoms with Crippen molar-refractivity contribution in [3.05, 3.63) is 57.6 Å². The minimum Gasteiger partial charge on any atom is -0.478 e. The van der Waals surface area contributed by atoms with Gasteiger partial charge in [-0.2, -0.15) is 0 Å². The molecule has 5 nitrogen and oxygen atoms in total. The Balaban J connectivity index is 2.19. The number of hydrogen-bond acceptors (Lipinski definition) is 4. The summed E-state index contributed by atoms with van der Waals surface area (Å²) in [6.07, 6.45) is 0.873. The molecule has 3 rings (SSSR count). The molecule has 0 aromatic heterocycles. The van der Waals surface area contributed by atoms with Crippen LogP contribution < -0.4 is 5.73 Å². The van der Waals surface area contributed by atoms with E-state index in [1.807, 2.05) is 13.8 Å². The van der Waals surface area contributed by atoms with Gasteiger partial charge in [-0.25, -0.2) is 4.79 Å². The van der Waals surface area contributed by atoms with Crippen molar-refractivity contribution in [2.24, 2.45) is 11.1 Å². The van der Waals surface area contributed by atoms with Crippen LogP contribution in [0.15, 0.2) is 47.1 Å². The Labute approximate surface area is 144 Å². The van der Waals surface area contributed by atoms with Crippen LogP contribution in [0.1, 0.15) is 38.2 Å². The molecule has 0 amide bonds. The molecule has 1 heterocycles. The topological polar surface area (TPSA) is 89.6 Å². The fourth-order valence-electron chi connectivity index (χ4n) is 3.38. The van der Waals surface area contributed by atoms with Crippen LogP contribution in [0.25, 0.3) is 0 Å². The number of carboxylic acid groups (broad SMARTS) is 1. The van der Waals surface area contributed by atoms with E-state index in [0.29, 0.717) is 34.8 Å². The summed E-state index contributed by atoms with van der Waals surface area (Å²) in [5.74, 6) is -1.73. The molecule has 0 fully saturated rings. The van der Waals surface area contributed by atoms with Gasteiger partial charge in [-0.15, -0.1) is 0 Å². The number of aliphatic carboxylic acids is 1. The molecule has 24 heavy (non-hydrogen) atoms. The third-order valence-electron chi connectivity index (χ3n) is 4.39. The van der Waals surface area contributed by atoms with Crippen LogP contribution in [-0.2, 0) is 14.3 Å². The van der Waals surface area contributed by atoms with Gasteiger partial charge in [0.25, 0.3) is 0 Å². The van der Waals surface area contributed by atoms with E-state index in [0.717, 1.165) is 0 Å². The first-order chi connectivity index (χ1) is 11.2.